The van der Waals surface area contributed by atoms with Gasteiger partial charge in [0.05, 0.1) is 32.3 Å². The monoisotopic (exact) mass is 271 g/mol. The Morgan fingerprint density at radius 2 is 2.21 bits per heavy atom. The van der Waals surface area contributed by atoms with Gasteiger partial charge in [-0.2, -0.15) is 0 Å². The second kappa shape index (κ2) is 7.79. The van der Waals surface area contributed by atoms with Gasteiger partial charge < -0.3 is 20.1 Å². The first-order valence-corrected chi connectivity index (χ1v) is 7.16. The number of amides is 1. The van der Waals surface area contributed by atoms with Gasteiger partial charge in [0.25, 0.3) is 0 Å². The summed E-state index contributed by atoms with van der Waals surface area (Å²) in [4.78, 5) is 14.2. The number of hydrogen-bond donors (Lipinski definition) is 2. The van der Waals surface area contributed by atoms with Crippen molar-refractivity contribution in [2.24, 2.45) is 0 Å². The fraction of sp³-hybridized carbons (Fsp3) is 0.923. The average Bonchev–Trinajstić information content (AvgIpc) is 2.40. The van der Waals surface area contributed by atoms with Crippen molar-refractivity contribution in [3.05, 3.63) is 0 Å². The molecule has 2 atom stereocenters. The summed E-state index contributed by atoms with van der Waals surface area (Å²) in [7, 11) is 0. The highest BCUT2D eigenvalue weighted by molar-refractivity contribution is 5.76. The molecule has 6 nitrogen and oxygen atoms in total. The summed E-state index contributed by atoms with van der Waals surface area (Å²) in [5, 5.41) is 6.28. The minimum atomic E-state index is 0.0179. The highest BCUT2D eigenvalue weighted by Crippen LogP contribution is 2.03. The standard InChI is InChI=1S/C13H25N3O3/c1-11(10-16-3-6-18-7-4-16)15-13(17)8-12-9-14-2-5-19-12/h11-12,14H,2-10H2,1H3,(H,15,17). The van der Waals surface area contributed by atoms with Crippen LogP contribution in [0.15, 0.2) is 0 Å². The molecule has 0 aliphatic carbocycles. The molecule has 2 unspecified atom stereocenters. The van der Waals surface area contributed by atoms with Crippen LogP contribution in [0, 0.1) is 0 Å². The van der Waals surface area contributed by atoms with E-state index in [2.05, 4.69) is 15.5 Å². The van der Waals surface area contributed by atoms with Crippen LogP contribution in [0.1, 0.15) is 13.3 Å². The molecule has 2 aliphatic heterocycles. The van der Waals surface area contributed by atoms with Crippen LogP contribution in [0.5, 0.6) is 0 Å². The van der Waals surface area contributed by atoms with Gasteiger partial charge >= 0.3 is 0 Å². The van der Waals surface area contributed by atoms with Crippen molar-refractivity contribution in [1.82, 2.24) is 15.5 Å². The summed E-state index contributed by atoms with van der Waals surface area (Å²) in [5.74, 6) is 0.0782. The predicted octanol–water partition coefficient (Wildman–Crippen LogP) is -0.798. The Hall–Kier alpha value is -0.690. The first-order valence-electron chi connectivity index (χ1n) is 7.16. The maximum Gasteiger partial charge on any atom is 0.222 e. The maximum absolute atomic E-state index is 11.9. The van der Waals surface area contributed by atoms with E-state index in [0.717, 1.165) is 45.9 Å². The summed E-state index contributed by atoms with van der Waals surface area (Å²) in [6, 6.07) is 0.169. The quantitative estimate of drug-likeness (QED) is 0.685. The van der Waals surface area contributed by atoms with E-state index in [1.165, 1.54) is 0 Å². The molecular formula is C13H25N3O3. The van der Waals surface area contributed by atoms with Crippen molar-refractivity contribution < 1.29 is 14.3 Å². The van der Waals surface area contributed by atoms with Gasteiger partial charge in [0.1, 0.15) is 0 Å². The molecule has 2 aliphatic rings. The summed E-state index contributed by atoms with van der Waals surface area (Å²) >= 11 is 0. The van der Waals surface area contributed by atoms with Gasteiger partial charge in [0.15, 0.2) is 0 Å². The number of rotatable bonds is 5. The molecule has 0 aromatic heterocycles. The normalized spacial score (nSPS) is 26.9. The summed E-state index contributed by atoms with van der Waals surface area (Å²) in [5.41, 5.74) is 0. The van der Waals surface area contributed by atoms with E-state index >= 15 is 0 Å². The van der Waals surface area contributed by atoms with E-state index in [1.807, 2.05) is 6.92 Å². The molecule has 2 rings (SSSR count). The van der Waals surface area contributed by atoms with Gasteiger partial charge in [0, 0.05) is 38.8 Å². The van der Waals surface area contributed by atoms with Crippen LogP contribution in [0.2, 0.25) is 0 Å². The third-order valence-electron chi connectivity index (χ3n) is 3.46. The number of nitrogens with one attached hydrogen (secondary N) is 2. The molecule has 2 fully saturated rings. The van der Waals surface area contributed by atoms with Gasteiger partial charge in [0.2, 0.25) is 5.91 Å². The summed E-state index contributed by atoms with van der Waals surface area (Å²) in [6.45, 7) is 8.78. The van der Waals surface area contributed by atoms with Gasteiger partial charge in [-0.25, -0.2) is 0 Å². The molecule has 2 N–H and O–H groups in total. The van der Waals surface area contributed by atoms with Crippen molar-refractivity contribution in [2.45, 2.75) is 25.5 Å². The fourth-order valence-corrected chi connectivity index (χ4v) is 2.51. The predicted molar refractivity (Wildman–Crippen MR) is 72.1 cm³/mol. The number of carbonyl (C=O) groups is 1. The Balaban J connectivity index is 1.63. The molecule has 0 spiro atoms. The van der Waals surface area contributed by atoms with Crippen molar-refractivity contribution in [2.75, 3.05) is 52.5 Å². The van der Waals surface area contributed by atoms with Crippen LogP contribution in [-0.2, 0) is 14.3 Å². The Morgan fingerprint density at radius 1 is 1.42 bits per heavy atom. The fourth-order valence-electron chi connectivity index (χ4n) is 2.51. The Kier molecular flexibility index (Phi) is 6.03. The van der Waals surface area contributed by atoms with Crippen LogP contribution in [0.25, 0.3) is 0 Å². The number of ether oxygens (including phenoxy) is 2. The Morgan fingerprint density at radius 3 is 2.89 bits per heavy atom. The minimum absolute atomic E-state index is 0.0179. The van der Waals surface area contributed by atoms with E-state index in [9.17, 15) is 4.79 Å². The van der Waals surface area contributed by atoms with Crippen LogP contribution in [0.4, 0.5) is 0 Å². The second-order valence-corrected chi connectivity index (χ2v) is 5.28. The number of hydrogen-bond acceptors (Lipinski definition) is 5. The second-order valence-electron chi connectivity index (χ2n) is 5.28. The largest absolute Gasteiger partial charge is 0.379 e. The van der Waals surface area contributed by atoms with Crippen molar-refractivity contribution in [3.8, 4) is 0 Å². The molecule has 19 heavy (non-hydrogen) atoms. The highest BCUT2D eigenvalue weighted by Gasteiger charge is 2.19. The molecule has 0 aromatic carbocycles. The zero-order chi connectivity index (χ0) is 13.5. The van der Waals surface area contributed by atoms with Gasteiger partial charge in [-0.3, -0.25) is 9.69 Å². The third-order valence-corrected chi connectivity index (χ3v) is 3.46. The van der Waals surface area contributed by atoms with E-state index in [1.54, 1.807) is 0 Å². The van der Waals surface area contributed by atoms with Crippen LogP contribution in [-0.4, -0.2) is 75.5 Å². The van der Waals surface area contributed by atoms with E-state index in [4.69, 9.17) is 9.47 Å². The lowest BCUT2D eigenvalue weighted by molar-refractivity contribution is -0.125. The Labute approximate surface area is 114 Å². The molecule has 110 valence electrons. The zero-order valence-corrected chi connectivity index (χ0v) is 11.7. The zero-order valence-electron chi connectivity index (χ0n) is 11.7. The first kappa shape index (κ1) is 14.7. The molecular weight excluding hydrogens is 246 g/mol. The SMILES string of the molecule is CC(CN1CCOCC1)NC(=O)CC1CNCCO1. The topological polar surface area (TPSA) is 62.8 Å². The summed E-state index contributed by atoms with van der Waals surface area (Å²) in [6.07, 6.45) is 0.463. The molecule has 1 amide bonds. The lowest BCUT2D eigenvalue weighted by Crippen LogP contribution is -2.47. The molecule has 0 bridgehead atoms. The lowest BCUT2D eigenvalue weighted by atomic mass is 10.2. The van der Waals surface area contributed by atoms with E-state index in [-0.39, 0.29) is 18.1 Å². The maximum atomic E-state index is 11.9. The molecule has 2 heterocycles. The van der Waals surface area contributed by atoms with Crippen LogP contribution >= 0.6 is 0 Å². The van der Waals surface area contributed by atoms with Gasteiger partial charge in [-0.1, -0.05) is 0 Å². The third kappa shape index (κ3) is 5.44. The molecule has 6 heteroatoms. The summed E-state index contributed by atoms with van der Waals surface area (Å²) < 4.78 is 10.8. The number of carbonyl (C=O) groups excluding carboxylic acids is 1. The van der Waals surface area contributed by atoms with Gasteiger partial charge in [-0.05, 0) is 6.92 Å². The van der Waals surface area contributed by atoms with Gasteiger partial charge in [-0.15, -0.1) is 0 Å². The van der Waals surface area contributed by atoms with Crippen molar-refractivity contribution in [3.63, 3.8) is 0 Å². The smallest absolute Gasteiger partial charge is 0.222 e. The molecule has 0 saturated carbocycles. The van der Waals surface area contributed by atoms with Crippen LogP contribution in [0.3, 0.4) is 0 Å². The van der Waals surface area contributed by atoms with Crippen molar-refractivity contribution >= 4 is 5.91 Å². The van der Waals surface area contributed by atoms with Crippen LogP contribution < -0.4 is 10.6 Å². The average molecular weight is 271 g/mol. The van der Waals surface area contributed by atoms with E-state index < -0.39 is 0 Å². The molecule has 0 aromatic rings. The van der Waals surface area contributed by atoms with E-state index in [0.29, 0.717) is 13.0 Å². The highest BCUT2D eigenvalue weighted by atomic mass is 16.5. The number of nitrogens with zero attached hydrogens (tertiary/aromatic N) is 1. The van der Waals surface area contributed by atoms with Crippen molar-refractivity contribution in [1.29, 1.82) is 0 Å². The Bertz CT molecular complexity index is 276. The molecule has 0 radical (unpaired) electrons. The lowest BCUT2D eigenvalue weighted by Gasteiger charge is -2.30. The first-order chi connectivity index (χ1) is 9.24. The minimum Gasteiger partial charge on any atom is -0.379 e. The molecule has 2 saturated heterocycles. The number of morpholine rings is 2.